The summed E-state index contributed by atoms with van der Waals surface area (Å²) < 4.78 is 10.6. The summed E-state index contributed by atoms with van der Waals surface area (Å²) in [6.07, 6.45) is 1.48. The van der Waals surface area contributed by atoms with Crippen LogP contribution in [0.3, 0.4) is 0 Å². The zero-order valence-corrected chi connectivity index (χ0v) is 11.3. The van der Waals surface area contributed by atoms with Gasteiger partial charge in [-0.1, -0.05) is 18.2 Å². The predicted octanol–water partition coefficient (Wildman–Crippen LogP) is 1.76. The Morgan fingerprint density at radius 2 is 2.00 bits per heavy atom. The van der Waals surface area contributed by atoms with Crippen LogP contribution in [-0.4, -0.2) is 36.6 Å². The molecule has 0 aliphatic carbocycles. The van der Waals surface area contributed by atoms with E-state index in [0.717, 1.165) is 11.3 Å². The molecule has 0 aromatic heterocycles. The second kappa shape index (κ2) is 8.69. The number of aliphatic hydroxyl groups is 2. The van der Waals surface area contributed by atoms with Crippen LogP contribution in [0.2, 0.25) is 0 Å². The molecule has 0 spiro atoms. The molecule has 0 fully saturated rings. The van der Waals surface area contributed by atoms with E-state index in [9.17, 15) is 10.2 Å². The highest BCUT2D eigenvalue weighted by Crippen LogP contribution is 2.13. The fourth-order valence-corrected chi connectivity index (χ4v) is 1.70. The first-order chi connectivity index (χ1) is 9.21. The maximum absolute atomic E-state index is 9.75. The van der Waals surface area contributed by atoms with E-state index in [1.165, 1.54) is 0 Å². The van der Waals surface area contributed by atoms with Crippen LogP contribution >= 0.6 is 0 Å². The normalized spacial score (nSPS) is 13.8. The van der Waals surface area contributed by atoms with E-state index in [2.05, 4.69) is 6.58 Å². The minimum atomic E-state index is -0.613. The molecular formula is C15H22O4. The SMILES string of the molecule is C=CC[C@@H](O)[C@@H](CO)COCc1ccc(OC)cc1. The third-order valence-electron chi connectivity index (χ3n) is 2.95. The number of rotatable bonds is 9. The molecule has 0 unspecified atom stereocenters. The fourth-order valence-electron chi connectivity index (χ4n) is 1.70. The molecular weight excluding hydrogens is 244 g/mol. The molecule has 0 saturated heterocycles. The highest BCUT2D eigenvalue weighted by molar-refractivity contribution is 5.26. The van der Waals surface area contributed by atoms with E-state index in [4.69, 9.17) is 9.47 Å². The largest absolute Gasteiger partial charge is 0.497 e. The Kier molecular flexibility index (Phi) is 7.18. The first kappa shape index (κ1) is 15.7. The van der Waals surface area contributed by atoms with E-state index >= 15 is 0 Å². The van der Waals surface area contributed by atoms with Gasteiger partial charge in [-0.25, -0.2) is 0 Å². The summed E-state index contributed by atoms with van der Waals surface area (Å²) in [4.78, 5) is 0. The Hall–Kier alpha value is -1.36. The van der Waals surface area contributed by atoms with E-state index in [0.29, 0.717) is 19.6 Å². The lowest BCUT2D eigenvalue weighted by Crippen LogP contribution is -2.27. The molecule has 0 amide bonds. The second-order valence-corrected chi connectivity index (χ2v) is 4.40. The zero-order chi connectivity index (χ0) is 14.1. The summed E-state index contributed by atoms with van der Waals surface area (Å²) in [5.41, 5.74) is 1.02. The maximum Gasteiger partial charge on any atom is 0.118 e. The van der Waals surface area contributed by atoms with Gasteiger partial charge in [0, 0.05) is 5.92 Å². The molecule has 0 aliphatic rings. The molecule has 19 heavy (non-hydrogen) atoms. The van der Waals surface area contributed by atoms with Gasteiger partial charge in [-0.2, -0.15) is 0 Å². The van der Waals surface area contributed by atoms with Gasteiger partial charge >= 0.3 is 0 Å². The van der Waals surface area contributed by atoms with Crippen LogP contribution in [0.25, 0.3) is 0 Å². The lowest BCUT2D eigenvalue weighted by molar-refractivity contribution is -0.00261. The van der Waals surface area contributed by atoms with E-state index in [1.807, 2.05) is 24.3 Å². The van der Waals surface area contributed by atoms with Crippen LogP contribution in [0.4, 0.5) is 0 Å². The molecule has 2 N–H and O–H groups in total. The summed E-state index contributed by atoms with van der Waals surface area (Å²) in [7, 11) is 1.62. The van der Waals surface area contributed by atoms with Crippen molar-refractivity contribution < 1.29 is 19.7 Å². The number of hydrogen-bond acceptors (Lipinski definition) is 4. The van der Waals surface area contributed by atoms with Gasteiger partial charge in [0.2, 0.25) is 0 Å². The molecule has 4 nitrogen and oxygen atoms in total. The van der Waals surface area contributed by atoms with Crippen molar-refractivity contribution in [2.45, 2.75) is 19.1 Å². The number of aliphatic hydroxyl groups excluding tert-OH is 2. The first-order valence-electron chi connectivity index (χ1n) is 6.31. The number of hydrogen-bond donors (Lipinski definition) is 2. The molecule has 0 heterocycles. The van der Waals surface area contributed by atoms with Gasteiger partial charge in [-0.05, 0) is 24.1 Å². The molecule has 4 heteroatoms. The van der Waals surface area contributed by atoms with E-state index < -0.39 is 6.10 Å². The van der Waals surface area contributed by atoms with Crippen molar-refractivity contribution >= 4 is 0 Å². The topological polar surface area (TPSA) is 58.9 Å². The van der Waals surface area contributed by atoms with Crippen LogP contribution in [0, 0.1) is 5.92 Å². The Morgan fingerprint density at radius 3 is 2.53 bits per heavy atom. The van der Waals surface area contributed by atoms with Crippen LogP contribution in [0.5, 0.6) is 5.75 Å². The molecule has 1 aromatic rings. The Labute approximate surface area is 114 Å². The van der Waals surface area contributed by atoms with Crippen molar-refractivity contribution in [3.05, 3.63) is 42.5 Å². The van der Waals surface area contributed by atoms with Gasteiger partial charge in [0.1, 0.15) is 5.75 Å². The summed E-state index contributed by atoms with van der Waals surface area (Å²) in [6.45, 7) is 4.23. The van der Waals surface area contributed by atoms with Crippen molar-refractivity contribution in [3.8, 4) is 5.75 Å². The highest BCUT2D eigenvalue weighted by atomic mass is 16.5. The number of ether oxygens (including phenoxy) is 2. The number of benzene rings is 1. The molecule has 0 saturated carbocycles. The summed E-state index contributed by atoms with van der Waals surface area (Å²) >= 11 is 0. The van der Waals surface area contributed by atoms with Crippen LogP contribution in [0.15, 0.2) is 36.9 Å². The molecule has 1 rings (SSSR count). The monoisotopic (exact) mass is 266 g/mol. The van der Waals surface area contributed by atoms with Crippen molar-refractivity contribution in [3.63, 3.8) is 0 Å². The van der Waals surface area contributed by atoms with E-state index in [1.54, 1.807) is 13.2 Å². The smallest absolute Gasteiger partial charge is 0.118 e. The number of methoxy groups -OCH3 is 1. The third-order valence-corrected chi connectivity index (χ3v) is 2.95. The van der Waals surface area contributed by atoms with Gasteiger partial charge in [0.15, 0.2) is 0 Å². The van der Waals surface area contributed by atoms with Crippen LogP contribution in [-0.2, 0) is 11.3 Å². The first-order valence-corrected chi connectivity index (χ1v) is 6.31. The fraction of sp³-hybridized carbons (Fsp3) is 0.467. The van der Waals surface area contributed by atoms with Gasteiger partial charge in [-0.3, -0.25) is 0 Å². The molecule has 106 valence electrons. The second-order valence-electron chi connectivity index (χ2n) is 4.40. The quantitative estimate of drug-likeness (QED) is 0.669. The van der Waals surface area contributed by atoms with Crippen molar-refractivity contribution in [1.29, 1.82) is 0 Å². The summed E-state index contributed by atoms with van der Waals surface area (Å²) in [6, 6.07) is 7.59. The molecule has 1 aromatic carbocycles. The molecule has 0 aliphatic heterocycles. The summed E-state index contributed by atoms with van der Waals surface area (Å²) in [5.74, 6) is 0.523. The third kappa shape index (κ3) is 5.42. The Balaban J connectivity index is 2.36. The van der Waals surface area contributed by atoms with Gasteiger partial charge in [-0.15, -0.1) is 6.58 Å². The minimum Gasteiger partial charge on any atom is -0.497 e. The van der Waals surface area contributed by atoms with Gasteiger partial charge < -0.3 is 19.7 Å². The molecule has 0 bridgehead atoms. The highest BCUT2D eigenvalue weighted by Gasteiger charge is 2.17. The van der Waals surface area contributed by atoms with Crippen LogP contribution in [0.1, 0.15) is 12.0 Å². The van der Waals surface area contributed by atoms with Crippen molar-refractivity contribution in [1.82, 2.24) is 0 Å². The van der Waals surface area contributed by atoms with Crippen LogP contribution < -0.4 is 4.74 Å². The average Bonchev–Trinajstić information content (AvgIpc) is 2.44. The molecule has 0 radical (unpaired) electrons. The standard InChI is InChI=1S/C15H22O4/c1-3-4-15(17)13(9-16)11-19-10-12-5-7-14(18-2)8-6-12/h3,5-8,13,15-17H,1,4,9-11H2,2H3/t13-,15+/m0/s1. The Morgan fingerprint density at radius 1 is 1.32 bits per heavy atom. The maximum atomic E-state index is 9.75. The van der Waals surface area contributed by atoms with Gasteiger partial charge in [0.05, 0.1) is 33.0 Å². The van der Waals surface area contributed by atoms with E-state index in [-0.39, 0.29) is 12.5 Å². The van der Waals surface area contributed by atoms with Crippen molar-refractivity contribution in [2.75, 3.05) is 20.3 Å². The zero-order valence-electron chi connectivity index (χ0n) is 11.3. The minimum absolute atomic E-state index is 0.0996. The molecule has 2 atom stereocenters. The average molecular weight is 266 g/mol. The Bertz CT molecular complexity index is 361. The van der Waals surface area contributed by atoms with Crippen molar-refractivity contribution in [2.24, 2.45) is 5.92 Å². The van der Waals surface area contributed by atoms with Gasteiger partial charge in [0.25, 0.3) is 0 Å². The predicted molar refractivity (Wildman–Crippen MR) is 74.0 cm³/mol. The lowest BCUT2D eigenvalue weighted by Gasteiger charge is -2.19. The summed E-state index contributed by atoms with van der Waals surface area (Å²) in [5, 5.41) is 18.9. The lowest BCUT2D eigenvalue weighted by atomic mass is 10.0.